The first-order valence-corrected chi connectivity index (χ1v) is 6.18. The fraction of sp³-hybridized carbons (Fsp3) is 1.00. The van der Waals surface area contributed by atoms with Gasteiger partial charge in [-0.2, -0.15) is 0 Å². The van der Waals surface area contributed by atoms with E-state index < -0.39 is 0 Å². The summed E-state index contributed by atoms with van der Waals surface area (Å²) in [5.74, 6) is 3.16. The van der Waals surface area contributed by atoms with Crippen LogP contribution in [0.4, 0.5) is 0 Å². The van der Waals surface area contributed by atoms with E-state index >= 15 is 0 Å². The first kappa shape index (κ1) is 12.3. The highest BCUT2D eigenvalue weighted by molar-refractivity contribution is 4.77. The molecule has 0 radical (unpaired) electrons. The van der Waals surface area contributed by atoms with Crippen LogP contribution in [-0.4, -0.2) is 13.1 Å². The van der Waals surface area contributed by atoms with E-state index in [1.807, 2.05) is 0 Å². The molecule has 0 aromatic heterocycles. The molecule has 0 aromatic carbocycles. The molecule has 84 valence electrons. The van der Waals surface area contributed by atoms with Crippen LogP contribution in [0.15, 0.2) is 0 Å². The maximum atomic E-state index is 2.54. The predicted octanol–water partition coefficient (Wildman–Crippen LogP) is -1.21. The summed E-state index contributed by atoms with van der Waals surface area (Å²) < 4.78 is 0. The van der Waals surface area contributed by atoms with E-state index in [4.69, 9.17) is 0 Å². The van der Waals surface area contributed by atoms with Gasteiger partial charge in [0.1, 0.15) is 0 Å². The topological polar surface area (TPSA) is 16.6 Å². The van der Waals surface area contributed by atoms with E-state index in [2.05, 4.69) is 12.2 Å². The lowest BCUT2D eigenvalue weighted by Gasteiger charge is -2.34. The van der Waals surface area contributed by atoms with Gasteiger partial charge in [-0.05, 0) is 37.5 Å². The van der Waals surface area contributed by atoms with Crippen molar-refractivity contribution in [3.63, 3.8) is 0 Å². The normalized spacial score (nSPS) is 38.8. The Bertz CT molecular complexity index is 154. The Morgan fingerprint density at radius 3 is 2.43 bits per heavy atom. The molecule has 1 heterocycles. The molecule has 0 amide bonds. The molecule has 14 heavy (non-hydrogen) atoms. The second kappa shape index (κ2) is 5.97. The molecule has 1 nitrogen and oxygen atoms in total. The van der Waals surface area contributed by atoms with Crippen molar-refractivity contribution >= 4 is 0 Å². The Morgan fingerprint density at radius 1 is 1.00 bits per heavy atom. The minimum atomic E-state index is 0. The van der Waals surface area contributed by atoms with Gasteiger partial charge in [0.25, 0.3) is 0 Å². The molecule has 0 spiro atoms. The number of piperidine rings is 1. The van der Waals surface area contributed by atoms with Crippen LogP contribution in [0.1, 0.15) is 45.4 Å². The first-order chi connectivity index (χ1) is 6.36. The Labute approximate surface area is 94.4 Å². The number of rotatable bonds is 1. The molecular weight excluding hydrogens is 194 g/mol. The van der Waals surface area contributed by atoms with Crippen molar-refractivity contribution in [1.29, 1.82) is 0 Å². The lowest BCUT2D eigenvalue weighted by molar-refractivity contribution is -0.670. The highest BCUT2D eigenvalue weighted by atomic mass is 35.5. The standard InChI is InChI=1S/C12H23N.ClH/c1-10-4-2-5-11(8-10)12-6-3-7-13-9-12;/h10-13H,2-9H2,1H3;1H. The molecule has 3 unspecified atom stereocenters. The zero-order valence-electron chi connectivity index (χ0n) is 9.34. The van der Waals surface area contributed by atoms with Crippen molar-refractivity contribution in [1.82, 2.24) is 0 Å². The molecule has 0 bridgehead atoms. The summed E-state index contributed by atoms with van der Waals surface area (Å²) in [5.41, 5.74) is 0. The molecule has 1 saturated heterocycles. The minimum absolute atomic E-state index is 0. The fourth-order valence-electron chi connectivity index (χ4n) is 3.31. The van der Waals surface area contributed by atoms with Crippen LogP contribution in [0, 0.1) is 17.8 Å². The average molecular weight is 218 g/mol. The Balaban J connectivity index is 0.000000980. The highest BCUT2D eigenvalue weighted by Crippen LogP contribution is 2.35. The lowest BCUT2D eigenvalue weighted by atomic mass is 9.73. The smallest absolute Gasteiger partial charge is 0.0786 e. The summed E-state index contributed by atoms with van der Waals surface area (Å²) in [7, 11) is 0. The molecule has 3 atom stereocenters. The van der Waals surface area contributed by atoms with E-state index in [0.717, 1.165) is 17.8 Å². The molecule has 2 heteroatoms. The van der Waals surface area contributed by atoms with Gasteiger partial charge in [-0.15, -0.1) is 0 Å². The Hall–Kier alpha value is 0.250. The fourth-order valence-corrected chi connectivity index (χ4v) is 3.31. The number of halogens is 1. The second-order valence-corrected chi connectivity index (χ2v) is 5.25. The van der Waals surface area contributed by atoms with Gasteiger partial charge in [0.05, 0.1) is 13.1 Å². The number of nitrogens with two attached hydrogens (primary N) is 1. The van der Waals surface area contributed by atoms with Gasteiger partial charge < -0.3 is 17.7 Å². The van der Waals surface area contributed by atoms with Gasteiger partial charge in [0.2, 0.25) is 0 Å². The maximum absolute atomic E-state index is 2.54. The Morgan fingerprint density at radius 2 is 1.79 bits per heavy atom. The molecule has 2 fully saturated rings. The summed E-state index contributed by atoms with van der Waals surface area (Å²) in [4.78, 5) is 0. The third-order valence-corrected chi connectivity index (χ3v) is 4.10. The summed E-state index contributed by atoms with van der Waals surface area (Å²) in [6.07, 6.45) is 9.04. The van der Waals surface area contributed by atoms with E-state index in [9.17, 15) is 0 Å². The van der Waals surface area contributed by atoms with Crippen molar-refractivity contribution in [3.05, 3.63) is 0 Å². The molecule has 2 aliphatic rings. The van der Waals surface area contributed by atoms with E-state index in [1.54, 1.807) is 0 Å². The van der Waals surface area contributed by atoms with Crippen LogP contribution in [0.3, 0.4) is 0 Å². The van der Waals surface area contributed by atoms with Crippen LogP contribution in [-0.2, 0) is 0 Å². The monoisotopic (exact) mass is 217 g/mol. The number of hydrogen-bond acceptors (Lipinski definition) is 0. The maximum Gasteiger partial charge on any atom is 0.0786 e. The van der Waals surface area contributed by atoms with Gasteiger partial charge in [-0.1, -0.05) is 19.8 Å². The van der Waals surface area contributed by atoms with Crippen molar-refractivity contribution in [2.24, 2.45) is 17.8 Å². The van der Waals surface area contributed by atoms with Crippen LogP contribution in [0.25, 0.3) is 0 Å². The minimum Gasteiger partial charge on any atom is -1.00 e. The van der Waals surface area contributed by atoms with E-state index in [1.165, 1.54) is 51.6 Å². The Kier molecular flexibility index (Phi) is 5.25. The molecule has 1 aliphatic carbocycles. The van der Waals surface area contributed by atoms with Crippen molar-refractivity contribution < 1.29 is 17.7 Å². The summed E-state index contributed by atoms with van der Waals surface area (Å²) in [5, 5.41) is 2.54. The molecule has 1 aliphatic heterocycles. The SMILES string of the molecule is CC1CCCC(C2CCC[NH2+]C2)C1.[Cl-]. The van der Waals surface area contributed by atoms with Gasteiger partial charge in [0, 0.05) is 5.92 Å². The van der Waals surface area contributed by atoms with E-state index in [-0.39, 0.29) is 12.4 Å². The summed E-state index contributed by atoms with van der Waals surface area (Å²) in [6, 6.07) is 0. The second-order valence-electron chi connectivity index (χ2n) is 5.25. The first-order valence-electron chi connectivity index (χ1n) is 6.18. The van der Waals surface area contributed by atoms with Crippen LogP contribution >= 0.6 is 0 Å². The van der Waals surface area contributed by atoms with Gasteiger partial charge in [-0.3, -0.25) is 0 Å². The van der Waals surface area contributed by atoms with Crippen LogP contribution in [0.2, 0.25) is 0 Å². The average Bonchev–Trinajstić information content (AvgIpc) is 2.19. The number of hydrogen-bond donors (Lipinski definition) is 1. The molecule has 2 N–H and O–H groups in total. The molecule has 1 saturated carbocycles. The van der Waals surface area contributed by atoms with E-state index in [0.29, 0.717) is 0 Å². The zero-order chi connectivity index (χ0) is 9.10. The van der Waals surface area contributed by atoms with Gasteiger partial charge in [0.15, 0.2) is 0 Å². The van der Waals surface area contributed by atoms with Gasteiger partial charge >= 0.3 is 0 Å². The number of quaternary nitrogens is 1. The van der Waals surface area contributed by atoms with Crippen LogP contribution in [0.5, 0.6) is 0 Å². The quantitative estimate of drug-likeness (QED) is 0.568. The zero-order valence-corrected chi connectivity index (χ0v) is 10.1. The van der Waals surface area contributed by atoms with Crippen molar-refractivity contribution in [3.8, 4) is 0 Å². The van der Waals surface area contributed by atoms with Gasteiger partial charge in [-0.25, -0.2) is 0 Å². The highest BCUT2D eigenvalue weighted by Gasteiger charge is 2.28. The summed E-state index contributed by atoms with van der Waals surface area (Å²) >= 11 is 0. The van der Waals surface area contributed by atoms with Crippen LogP contribution < -0.4 is 17.7 Å². The van der Waals surface area contributed by atoms with Crippen molar-refractivity contribution in [2.45, 2.75) is 45.4 Å². The largest absolute Gasteiger partial charge is 1.00 e. The third-order valence-electron chi connectivity index (χ3n) is 4.10. The third kappa shape index (κ3) is 3.13. The predicted molar refractivity (Wildman–Crippen MR) is 55.5 cm³/mol. The summed E-state index contributed by atoms with van der Waals surface area (Å²) in [6.45, 7) is 5.26. The lowest BCUT2D eigenvalue weighted by Crippen LogP contribution is -3.00. The molecule has 0 aromatic rings. The van der Waals surface area contributed by atoms with Crippen molar-refractivity contribution in [2.75, 3.05) is 13.1 Å². The molecule has 2 rings (SSSR count). The molecular formula is C12H24ClN.